The third-order valence-electron chi connectivity index (χ3n) is 11.7. The van der Waals surface area contributed by atoms with Gasteiger partial charge >= 0.3 is 0 Å². The molecule has 15 nitrogen and oxygen atoms in total. The topological polar surface area (TPSA) is 209 Å². The summed E-state index contributed by atoms with van der Waals surface area (Å²) in [5.41, 5.74) is 2.20. The smallest absolute Gasteiger partial charge is 0.264 e. The Labute approximate surface area is 325 Å². The Bertz CT molecular complexity index is 2030. The van der Waals surface area contributed by atoms with E-state index < -0.39 is 50.3 Å². The first-order chi connectivity index (χ1) is 26.8. The molecule has 1 aromatic heterocycles. The van der Waals surface area contributed by atoms with E-state index in [4.69, 9.17) is 14.2 Å². The fourth-order valence-corrected chi connectivity index (χ4v) is 12.9. The van der Waals surface area contributed by atoms with Gasteiger partial charge in [0.05, 0.1) is 39.2 Å². The lowest BCUT2D eigenvalue weighted by Gasteiger charge is -2.37. The second-order valence-electron chi connectivity index (χ2n) is 15.4. The molecule has 3 aliphatic rings. The number of nitrogens with zero attached hydrogens (tertiary/aromatic N) is 4. The number of methoxy groups -OCH3 is 1. The van der Waals surface area contributed by atoms with E-state index in [0.717, 1.165) is 22.6 Å². The van der Waals surface area contributed by atoms with Crippen molar-refractivity contribution in [1.82, 2.24) is 15.0 Å². The average Bonchev–Trinajstić information content (AvgIpc) is 3.85. The second kappa shape index (κ2) is 15.8. The largest absolute Gasteiger partial charge is 0.497 e. The number of carbonyl (C=O) groups is 2. The summed E-state index contributed by atoms with van der Waals surface area (Å²) in [6.07, 6.45) is -6.18. The summed E-state index contributed by atoms with van der Waals surface area (Å²) in [7, 11) is -0.725. The van der Waals surface area contributed by atoms with Crippen LogP contribution in [0.5, 0.6) is 5.75 Å². The number of carbonyl (C=O) groups excluding carboxylic acids is 2. The molecule has 3 aromatic carbocycles. The van der Waals surface area contributed by atoms with E-state index in [1.807, 2.05) is 42.6 Å². The molecule has 3 aliphatic heterocycles. The minimum Gasteiger partial charge on any atom is -0.497 e. The zero-order valence-electron chi connectivity index (χ0n) is 31.7. The number of fused-ring (bicyclic) bond motifs is 2. The number of hydrogen-bond acceptors (Lipinski definition) is 12. The van der Waals surface area contributed by atoms with Crippen LogP contribution < -0.4 is 20.1 Å². The molecule has 0 bridgehead atoms. The summed E-state index contributed by atoms with van der Waals surface area (Å²) < 4.78 is 19.5. The van der Waals surface area contributed by atoms with Crippen molar-refractivity contribution >= 4 is 36.4 Å². The minimum absolute atomic E-state index is 0.0161. The van der Waals surface area contributed by atoms with Gasteiger partial charge in [0.1, 0.15) is 24.1 Å². The molecule has 0 unspecified atom stereocenters. The number of aliphatic hydroxyl groups excluding tert-OH is 5. The molecule has 9 atom stereocenters. The Balaban J connectivity index is 1.15. The van der Waals surface area contributed by atoms with E-state index in [1.54, 1.807) is 41.0 Å². The highest BCUT2D eigenvalue weighted by Crippen LogP contribution is 2.60. The number of nitrogens with one attached hydrogen (secondary N) is 1. The number of benzene rings is 3. The van der Waals surface area contributed by atoms with Gasteiger partial charge in [-0.25, -0.2) is 0 Å². The molecular formula is C40H49N5O10Si. The van der Waals surface area contributed by atoms with Crippen LogP contribution in [0.4, 0.5) is 11.4 Å². The van der Waals surface area contributed by atoms with Gasteiger partial charge in [0, 0.05) is 42.9 Å². The number of aliphatic hydroxyl groups is 5. The fourth-order valence-electron chi connectivity index (χ4n) is 8.80. The summed E-state index contributed by atoms with van der Waals surface area (Å²) in [6.45, 7) is 7.53. The minimum atomic E-state index is -2.37. The van der Waals surface area contributed by atoms with Crippen LogP contribution in [0, 0.1) is 5.92 Å². The Kier molecular flexibility index (Phi) is 11.2. The SMILES string of the molecule is COc1ccc([Si](C)(C)[C@@H]2[C@@H](CCn3cc(CCO)nn3)O[C@]3(C(=O)N(Cc4ccc(NC(=O)[C@H]5O[C@@H](O)[C@H](O)[C@@H](O)[C@@H]5O)cc4)c4ccccc43)[C@H]2C)cc1. The van der Waals surface area contributed by atoms with Gasteiger partial charge in [-0.2, -0.15) is 0 Å². The summed E-state index contributed by atoms with van der Waals surface area (Å²) in [5, 5.41) is 61.6. The zero-order chi connectivity index (χ0) is 39.9. The van der Waals surface area contributed by atoms with E-state index in [-0.39, 0.29) is 36.6 Å². The highest BCUT2D eigenvalue weighted by atomic mass is 28.3. The van der Waals surface area contributed by atoms with Crippen LogP contribution in [-0.2, 0) is 44.2 Å². The van der Waals surface area contributed by atoms with Gasteiger partial charge in [0.15, 0.2) is 18.0 Å². The van der Waals surface area contributed by atoms with Crippen LogP contribution in [0.25, 0.3) is 0 Å². The van der Waals surface area contributed by atoms with Gasteiger partial charge < -0.3 is 50.0 Å². The third-order valence-corrected chi connectivity index (χ3v) is 16.1. The van der Waals surface area contributed by atoms with Crippen molar-refractivity contribution in [3.63, 3.8) is 0 Å². The maximum Gasteiger partial charge on any atom is 0.264 e. The predicted molar refractivity (Wildman–Crippen MR) is 207 cm³/mol. The molecule has 6 N–H and O–H groups in total. The Morgan fingerprint density at radius 2 is 1.70 bits per heavy atom. The van der Waals surface area contributed by atoms with E-state index in [2.05, 4.69) is 47.8 Å². The molecule has 4 heterocycles. The molecule has 298 valence electrons. The molecule has 7 rings (SSSR count). The van der Waals surface area contributed by atoms with Gasteiger partial charge in [-0.1, -0.05) is 72.9 Å². The molecule has 16 heteroatoms. The van der Waals surface area contributed by atoms with Crippen molar-refractivity contribution in [2.45, 2.75) is 93.9 Å². The lowest BCUT2D eigenvalue weighted by Crippen LogP contribution is -2.60. The van der Waals surface area contributed by atoms with Crippen LogP contribution in [-0.4, -0.2) is 111 Å². The standard InChI is InChI=1S/C40H49N5O10Si/c1-23-36(56(3,4)28-15-13-27(53-2)14-16-28)31(17-19-44-22-26(18-20-46)42-43-44)55-40(23)29-7-5-6-8-30(29)45(39(40)52)21-24-9-11-25(12-10-24)41-37(50)35-33(48)32(47)34(49)38(51)54-35/h5-16,22-23,31-36,38,46-49,51H,17-21H2,1-4H3,(H,41,50)/t23-,31+,32-,33-,34+,35-,36-,38+,40+/m0/s1. The van der Waals surface area contributed by atoms with Crippen LogP contribution in [0.1, 0.15) is 30.2 Å². The van der Waals surface area contributed by atoms with Crippen LogP contribution >= 0.6 is 0 Å². The molecule has 4 aromatic rings. The van der Waals surface area contributed by atoms with Gasteiger partial charge in [-0.05, 0) is 47.9 Å². The first kappa shape index (κ1) is 39.7. The predicted octanol–water partition coefficient (Wildman–Crippen LogP) is 1.41. The summed E-state index contributed by atoms with van der Waals surface area (Å²) in [5.74, 6) is -0.392. The van der Waals surface area contributed by atoms with Crippen molar-refractivity contribution in [1.29, 1.82) is 0 Å². The number of aryl methyl sites for hydroxylation is 1. The normalized spacial score (nSPS) is 28.8. The summed E-state index contributed by atoms with van der Waals surface area (Å²) in [4.78, 5) is 29.7. The summed E-state index contributed by atoms with van der Waals surface area (Å²) >= 11 is 0. The fraction of sp³-hybridized carbons (Fsp3) is 0.450. The molecule has 2 amide bonds. The van der Waals surface area contributed by atoms with Crippen molar-refractivity contribution in [3.8, 4) is 5.75 Å². The number of amides is 2. The number of aromatic nitrogens is 3. The van der Waals surface area contributed by atoms with Gasteiger partial charge in [0.2, 0.25) is 0 Å². The molecule has 1 spiro atoms. The molecular weight excluding hydrogens is 739 g/mol. The highest BCUT2D eigenvalue weighted by molar-refractivity contribution is 6.91. The highest BCUT2D eigenvalue weighted by Gasteiger charge is 2.66. The van der Waals surface area contributed by atoms with E-state index in [0.29, 0.717) is 30.8 Å². The monoisotopic (exact) mass is 787 g/mol. The van der Waals surface area contributed by atoms with E-state index in [1.165, 1.54) is 5.19 Å². The molecule has 2 saturated heterocycles. The van der Waals surface area contributed by atoms with Gasteiger partial charge in [-0.15, -0.1) is 5.10 Å². The van der Waals surface area contributed by atoms with E-state index in [9.17, 15) is 30.3 Å². The lowest BCUT2D eigenvalue weighted by atomic mass is 9.82. The molecule has 0 radical (unpaired) electrons. The number of anilines is 2. The van der Waals surface area contributed by atoms with E-state index >= 15 is 4.79 Å². The Hall–Kier alpha value is -4.52. The Morgan fingerprint density at radius 1 is 0.982 bits per heavy atom. The molecule has 56 heavy (non-hydrogen) atoms. The maximum atomic E-state index is 15.1. The first-order valence-electron chi connectivity index (χ1n) is 18.8. The number of para-hydroxylation sites is 1. The molecule has 0 saturated carbocycles. The molecule has 0 aliphatic carbocycles. The number of rotatable bonds is 12. The first-order valence-corrected chi connectivity index (χ1v) is 21.9. The van der Waals surface area contributed by atoms with Crippen LogP contribution in [0.15, 0.2) is 79.0 Å². The van der Waals surface area contributed by atoms with Crippen molar-refractivity contribution in [3.05, 3.63) is 95.8 Å². The maximum absolute atomic E-state index is 15.1. The number of hydrogen-bond donors (Lipinski definition) is 6. The van der Waals surface area contributed by atoms with Crippen LogP contribution in [0.3, 0.4) is 0 Å². The van der Waals surface area contributed by atoms with Crippen LogP contribution in [0.2, 0.25) is 18.6 Å². The van der Waals surface area contributed by atoms with Gasteiger partial charge in [0.25, 0.3) is 11.8 Å². The zero-order valence-corrected chi connectivity index (χ0v) is 32.7. The second-order valence-corrected chi connectivity index (χ2v) is 20.1. The average molecular weight is 788 g/mol. The number of ether oxygens (including phenoxy) is 3. The quantitative estimate of drug-likeness (QED) is 0.113. The summed E-state index contributed by atoms with van der Waals surface area (Å²) in [6, 6.07) is 22.8. The third kappa shape index (κ3) is 7.04. The lowest BCUT2D eigenvalue weighted by molar-refractivity contribution is -0.274. The van der Waals surface area contributed by atoms with Crippen molar-refractivity contribution < 1.29 is 49.3 Å². The van der Waals surface area contributed by atoms with Crippen molar-refractivity contribution in [2.24, 2.45) is 5.92 Å². The van der Waals surface area contributed by atoms with Crippen molar-refractivity contribution in [2.75, 3.05) is 23.9 Å². The Morgan fingerprint density at radius 3 is 2.39 bits per heavy atom. The van der Waals surface area contributed by atoms with Gasteiger partial charge in [-0.3, -0.25) is 14.3 Å². The molecule has 2 fully saturated rings.